The highest BCUT2D eigenvalue weighted by Gasteiger charge is 2.14. The monoisotopic (exact) mass is 328 g/mol. The molecule has 0 saturated heterocycles. The lowest BCUT2D eigenvalue weighted by atomic mass is 9.94. The lowest BCUT2D eigenvalue weighted by molar-refractivity contribution is 0.479. The van der Waals surface area contributed by atoms with Crippen LogP contribution < -0.4 is 0 Å². The number of thiophene rings is 1. The van der Waals surface area contributed by atoms with Crippen molar-refractivity contribution in [3.8, 4) is 38.4 Å². The maximum Gasteiger partial charge on any atom is 0.132 e. The first-order chi connectivity index (χ1) is 11.8. The number of hydrogen-bond donors (Lipinski definition) is 1. The van der Waals surface area contributed by atoms with E-state index in [1.807, 2.05) is 66.0 Å². The largest absolute Gasteiger partial charge is 0.507 e. The third-order valence-corrected chi connectivity index (χ3v) is 4.99. The molecule has 1 N–H and O–H groups in total. The van der Waals surface area contributed by atoms with Gasteiger partial charge in [-0.2, -0.15) is 0 Å². The molecule has 4 rings (SSSR count). The molecule has 2 heteroatoms. The highest BCUT2D eigenvalue weighted by Crippen LogP contribution is 2.42. The molecule has 0 radical (unpaired) electrons. The predicted molar refractivity (Wildman–Crippen MR) is 102 cm³/mol. The van der Waals surface area contributed by atoms with Crippen molar-refractivity contribution in [3.05, 3.63) is 90.3 Å². The Kier molecular flexibility index (Phi) is 3.89. The molecule has 0 aliphatic carbocycles. The van der Waals surface area contributed by atoms with E-state index in [2.05, 4.69) is 24.3 Å². The second kappa shape index (κ2) is 6.34. The number of phenolic OH excluding ortho intramolecular Hbond substituents is 1. The first-order valence-corrected chi connectivity index (χ1v) is 8.72. The van der Waals surface area contributed by atoms with Crippen molar-refractivity contribution in [2.24, 2.45) is 0 Å². The summed E-state index contributed by atoms with van der Waals surface area (Å²) in [6.07, 6.45) is 0. The van der Waals surface area contributed by atoms with Gasteiger partial charge in [-0.25, -0.2) is 0 Å². The predicted octanol–water partition coefficient (Wildman–Crippen LogP) is 6.45. The summed E-state index contributed by atoms with van der Waals surface area (Å²) in [6.45, 7) is 0. The van der Waals surface area contributed by atoms with Crippen molar-refractivity contribution >= 4 is 11.3 Å². The SMILES string of the molecule is Oc1c(-c2ccccc2)cc(-c2ccccc2)cc1-c1cccs1. The Morgan fingerprint density at radius 1 is 0.583 bits per heavy atom. The van der Waals surface area contributed by atoms with Crippen LogP contribution in [0.2, 0.25) is 0 Å². The van der Waals surface area contributed by atoms with Crippen LogP contribution in [-0.2, 0) is 0 Å². The van der Waals surface area contributed by atoms with E-state index in [9.17, 15) is 5.11 Å². The molecule has 0 spiro atoms. The van der Waals surface area contributed by atoms with Gasteiger partial charge < -0.3 is 5.11 Å². The molecule has 0 bridgehead atoms. The summed E-state index contributed by atoms with van der Waals surface area (Å²) in [5.41, 5.74) is 5.01. The molecule has 1 heterocycles. The zero-order valence-electron chi connectivity index (χ0n) is 13.0. The number of aromatic hydroxyl groups is 1. The van der Waals surface area contributed by atoms with Gasteiger partial charge in [0.15, 0.2) is 0 Å². The molecule has 0 saturated carbocycles. The van der Waals surface area contributed by atoms with Crippen LogP contribution >= 0.6 is 11.3 Å². The van der Waals surface area contributed by atoms with E-state index < -0.39 is 0 Å². The Bertz CT molecular complexity index is 942. The summed E-state index contributed by atoms with van der Waals surface area (Å²) in [5, 5.41) is 12.9. The van der Waals surface area contributed by atoms with Gasteiger partial charge in [0.1, 0.15) is 5.75 Å². The van der Waals surface area contributed by atoms with Crippen molar-refractivity contribution < 1.29 is 5.11 Å². The van der Waals surface area contributed by atoms with Crippen LogP contribution in [0.3, 0.4) is 0 Å². The molecular weight excluding hydrogens is 312 g/mol. The molecule has 1 nitrogen and oxygen atoms in total. The smallest absolute Gasteiger partial charge is 0.132 e. The second-order valence-corrected chi connectivity index (χ2v) is 6.58. The zero-order valence-corrected chi connectivity index (χ0v) is 13.8. The van der Waals surface area contributed by atoms with Gasteiger partial charge in [-0.15, -0.1) is 11.3 Å². The van der Waals surface area contributed by atoms with Crippen LogP contribution in [0.25, 0.3) is 32.7 Å². The Morgan fingerprint density at radius 2 is 1.21 bits per heavy atom. The minimum Gasteiger partial charge on any atom is -0.507 e. The van der Waals surface area contributed by atoms with Crippen LogP contribution in [0, 0.1) is 0 Å². The van der Waals surface area contributed by atoms with E-state index in [-0.39, 0.29) is 0 Å². The molecule has 0 aliphatic heterocycles. The lowest BCUT2D eigenvalue weighted by Gasteiger charge is -2.13. The number of rotatable bonds is 3. The van der Waals surface area contributed by atoms with Crippen LogP contribution in [0.5, 0.6) is 5.75 Å². The van der Waals surface area contributed by atoms with Crippen molar-refractivity contribution in [1.82, 2.24) is 0 Å². The molecule has 24 heavy (non-hydrogen) atoms. The number of hydrogen-bond acceptors (Lipinski definition) is 2. The first kappa shape index (κ1) is 14.7. The summed E-state index contributed by atoms with van der Waals surface area (Å²) in [4.78, 5) is 1.07. The van der Waals surface area contributed by atoms with Gasteiger partial charge in [0.25, 0.3) is 0 Å². The molecular formula is C22H16OS. The van der Waals surface area contributed by atoms with E-state index in [4.69, 9.17) is 0 Å². The molecule has 0 unspecified atom stereocenters. The molecule has 1 aromatic heterocycles. The summed E-state index contributed by atoms with van der Waals surface area (Å²) in [6, 6.07) is 28.5. The Morgan fingerprint density at radius 3 is 1.83 bits per heavy atom. The van der Waals surface area contributed by atoms with Gasteiger partial charge in [-0.1, -0.05) is 66.7 Å². The minimum absolute atomic E-state index is 0.336. The summed E-state index contributed by atoms with van der Waals surface area (Å²) < 4.78 is 0. The molecule has 4 aromatic rings. The fraction of sp³-hybridized carbons (Fsp3) is 0. The average molecular weight is 328 g/mol. The fourth-order valence-corrected chi connectivity index (χ4v) is 3.63. The summed E-state index contributed by atoms with van der Waals surface area (Å²) >= 11 is 1.64. The Hall–Kier alpha value is -2.84. The quantitative estimate of drug-likeness (QED) is 0.458. The van der Waals surface area contributed by atoms with E-state index in [1.54, 1.807) is 11.3 Å². The van der Waals surface area contributed by atoms with E-state index >= 15 is 0 Å². The van der Waals surface area contributed by atoms with E-state index in [0.29, 0.717) is 5.75 Å². The first-order valence-electron chi connectivity index (χ1n) is 7.84. The maximum absolute atomic E-state index is 10.9. The van der Waals surface area contributed by atoms with Crippen LogP contribution in [0.4, 0.5) is 0 Å². The summed E-state index contributed by atoms with van der Waals surface area (Å²) in [7, 11) is 0. The highest BCUT2D eigenvalue weighted by molar-refractivity contribution is 7.13. The van der Waals surface area contributed by atoms with Crippen LogP contribution in [0.1, 0.15) is 0 Å². The fourth-order valence-electron chi connectivity index (χ4n) is 2.89. The minimum atomic E-state index is 0.336. The maximum atomic E-state index is 10.9. The second-order valence-electron chi connectivity index (χ2n) is 5.63. The van der Waals surface area contributed by atoms with E-state index in [1.165, 1.54) is 0 Å². The highest BCUT2D eigenvalue weighted by atomic mass is 32.1. The van der Waals surface area contributed by atoms with Gasteiger partial charge in [0.05, 0.1) is 0 Å². The number of phenols is 1. The van der Waals surface area contributed by atoms with Gasteiger partial charge in [0.2, 0.25) is 0 Å². The van der Waals surface area contributed by atoms with Crippen molar-refractivity contribution in [3.63, 3.8) is 0 Å². The third kappa shape index (κ3) is 2.72. The molecule has 0 aliphatic rings. The molecule has 3 aromatic carbocycles. The molecule has 0 atom stereocenters. The Labute approximate surface area is 145 Å². The van der Waals surface area contributed by atoms with Crippen molar-refractivity contribution in [2.75, 3.05) is 0 Å². The number of benzene rings is 3. The molecule has 116 valence electrons. The Balaban J connectivity index is 1.98. The van der Waals surface area contributed by atoms with Crippen LogP contribution in [0.15, 0.2) is 90.3 Å². The third-order valence-electron chi connectivity index (χ3n) is 4.09. The molecule has 0 fully saturated rings. The topological polar surface area (TPSA) is 20.2 Å². The van der Waals surface area contributed by atoms with Gasteiger partial charge >= 0.3 is 0 Å². The zero-order chi connectivity index (χ0) is 16.4. The van der Waals surface area contributed by atoms with Crippen molar-refractivity contribution in [1.29, 1.82) is 0 Å². The van der Waals surface area contributed by atoms with Gasteiger partial charge in [-0.05, 0) is 40.3 Å². The average Bonchev–Trinajstić information content (AvgIpc) is 3.18. The lowest BCUT2D eigenvalue weighted by Crippen LogP contribution is -1.86. The van der Waals surface area contributed by atoms with Crippen molar-refractivity contribution in [2.45, 2.75) is 0 Å². The molecule has 0 amide bonds. The standard InChI is InChI=1S/C22H16OS/c23-22-19(17-10-5-2-6-11-17)14-18(16-8-3-1-4-9-16)15-20(22)21-12-7-13-24-21/h1-15,23H. The normalized spacial score (nSPS) is 10.7. The van der Waals surface area contributed by atoms with Gasteiger partial charge in [-0.3, -0.25) is 0 Å². The van der Waals surface area contributed by atoms with Crippen LogP contribution in [-0.4, -0.2) is 5.11 Å². The van der Waals surface area contributed by atoms with Gasteiger partial charge in [0, 0.05) is 16.0 Å². The summed E-state index contributed by atoms with van der Waals surface area (Å²) in [5.74, 6) is 0.336. The van der Waals surface area contributed by atoms with E-state index in [0.717, 1.165) is 32.7 Å².